The Kier molecular flexibility index (Phi) is 15.4. The van der Waals surface area contributed by atoms with Crippen LogP contribution in [0.2, 0.25) is 0 Å². The Morgan fingerprint density at radius 3 is 0.836 bits per heavy atom. The summed E-state index contributed by atoms with van der Waals surface area (Å²) in [6.45, 7) is 10.0. The molecule has 0 saturated carbocycles. The minimum absolute atomic E-state index is 0.224. The van der Waals surface area contributed by atoms with E-state index >= 15 is 0 Å². The monoisotopic (exact) mass is 744 g/mol. The number of hydrogen-bond donors (Lipinski definition) is 0. The number of benzene rings is 4. The van der Waals surface area contributed by atoms with Crippen LogP contribution in [0, 0.1) is 0 Å². The summed E-state index contributed by atoms with van der Waals surface area (Å²) >= 11 is 0. The third-order valence-corrected chi connectivity index (χ3v) is 8.04. The fourth-order valence-electron chi connectivity index (χ4n) is 5.00. The van der Waals surface area contributed by atoms with Crippen molar-refractivity contribution < 1.29 is 38.1 Å². The van der Waals surface area contributed by atoms with Crippen molar-refractivity contribution >= 4 is 46.7 Å². The molecule has 0 radical (unpaired) electrons. The molecule has 0 amide bonds. The first-order chi connectivity index (χ1) is 26.4. The van der Waals surface area contributed by atoms with Gasteiger partial charge in [-0.05, 0) is 160 Å². The van der Waals surface area contributed by atoms with E-state index in [2.05, 4.69) is 20.4 Å². The predicted molar refractivity (Wildman–Crippen MR) is 212 cm³/mol. The van der Waals surface area contributed by atoms with Gasteiger partial charge in [0.2, 0.25) is 0 Å². The van der Waals surface area contributed by atoms with Gasteiger partial charge >= 0.3 is 23.9 Å². The maximum Gasteiger partial charge on any atom is 0.311 e. The Balaban J connectivity index is 1.14. The molecule has 0 aliphatic carbocycles. The van der Waals surface area contributed by atoms with Gasteiger partial charge in [0.05, 0.1) is 22.8 Å². The molecule has 0 unspecified atom stereocenters. The first kappa shape index (κ1) is 41.2. The fourth-order valence-corrected chi connectivity index (χ4v) is 5.00. The van der Waals surface area contributed by atoms with Crippen LogP contribution in [0.3, 0.4) is 0 Å². The molecule has 12 heteroatoms. The first-order valence-corrected chi connectivity index (χ1v) is 17.7. The second kappa shape index (κ2) is 20.6. The van der Waals surface area contributed by atoms with E-state index in [1.165, 1.54) is 13.8 Å². The molecule has 0 bridgehead atoms. The first-order valence-electron chi connectivity index (χ1n) is 17.7. The van der Waals surface area contributed by atoms with Gasteiger partial charge in [-0.1, -0.05) is 6.42 Å². The highest BCUT2D eigenvalue weighted by Crippen LogP contribution is 2.18. The molecule has 0 N–H and O–H groups in total. The van der Waals surface area contributed by atoms with Crippen LogP contribution in [-0.2, 0) is 19.2 Å². The van der Waals surface area contributed by atoms with E-state index in [9.17, 15) is 19.2 Å². The largest absolute Gasteiger partial charge is 0.427 e. The molecule has 284 valence electrons. The molecular weight excluding hydrogens is 700 g/mol. The quantitative estimate of drug-likeness (QED) is 0.0364. The Labute approximate surface area is 320 Å². The van der Waals surface area contributed by atoms with Crippen molar-refractivity contribution in [2.45, 2.75) is 73.6 Å². The molecule has 4 aromatic rings. The van der Waals surface area contributed by atoms with Gasteiger partial charge in [-0.15, -0.1) is 0 Å². The second-order valence-corrected chi connectivity index (χ2v) is 12.5. The lowest BCUT2D eigenvalue weighted by molar-refractivity contribution is -0.135. The zero-order valence-electron chi connectivity index (χ0n) is 31.8. The molecule has 0 spiro atoms. The lowest BCUT2D eigenvalue weighted by Crippen LogP contribution is -2.09. The highest BCUT2D eigenvalue weighted by Gasteiger charge is 2.10. The minimum atomic E-state index is -0.381. The topological polar surface area (TPSA) is 155 Å². The summed E-state index contributed by atoms with van der Waals surface area (Å²) in [4.78, 5) is 47.0. The van der Waals surface area contributed by atoms with Crippen molar-refractivity contribution in [3.05, 3.63) is 119 Å². The van der Waals surface area contributed by atoms with Gasteiger partial charge in [-0.25, -0.2) is 0 Å². The van der Waals surface area contributed by atoms with Crippen molar-refractivity contribution in [3.63, 3.8) is 0 Å². The standard InChI is InChI=1S/C43H44N4O8/c1-28(34-12-20-38(21-13-34)52-32(5)48)44-46-30(3)36-16-24-40(25-17-36)54-42(50)10-8-7-9-11-43(51)55-41-26-18-37(19-27-41)31(4)47-45-29(2)35-14-22-39(23-15-35)53-33(6)49/h12-27H,7-11H2,1-6H3/b44-28+,45-29+,46-30+,47-31+. The summed E-state index contributed by atoms with van der Waals surface area (Å²) < 4.78 is 21.1. The molecule has 4 rings (SSSR count). The third-order valence-electron chi connectivity index (χ3n) is 8.04. The molecule has 0 fully saturated rings. The summed E-state index contributed by atoms with van der Waals surface area (Å²) in [6, 6.07) is 28.1. The molecule has 55 heavy (non-hydrogen) atoms. The van der Waals surface area contributed by atoms with Crippen LogP contribution in [0.15, 0.2) is 117 Å². The van der Waals surface area contributed by atoms with Crippen LogP contribution in [0.4, 0.5) is 0 Å². The molecule has 0 aliphatic rings. The lowest BCUT2D eigenvalue weighted by atomic mass is 10.1. The van der Waals surface area contributed by atoms with Gasteiger partial charge in [0.25, 0.3) is 0 Å². The normalized spacial score (nSPS) is 12.2. The van der Waals surface area contributed by atoms with Crippen LogP contribution in [0.5, 0.6) is 23.0 Å². The molecule has 12 nitrogen and oxygen atoms in total. The number of unbranched alkanes of at least 4 members (excludes halogenated alkanes) is 2. The van der Waals surface area contributed by atoms with Gasteiger partial charge < -0.3 is 18.9 Å². The van der Waals surface area contributed by atoms with E-state index in [0.29, 0.717) is 65.1 Å². The number of carbonyl (C=O) groups excluding carboxylic acids is 4. The third kappa shape index (κ3) is 14.1. The molecular formula is C43H44N4O8. The Bertz CT molecular complexity index is 1930. The zero-order chi connectivity index (χ0) is 39.7. The number of hydrogen-bond acceptors (Lipinski definition) is 12. The van der Waals surface area contributed by atoms with Crippen molar-refractivity contribution in [1.29, 1.82) is 0 Å². The summed E-state index contributed by atoms with van der Waals surface area (Å²) in [5.41, 5.74) is 6.10. The van der Waals surface area contributed by atoms with Crippen molar-refractivity contribution in [1.82, 2.24) is 0 Å². The summed E-state index contributed by atoms with van der Waals surface area (Å²) in [6.07, 6.45) is 2.27. The predicted octanol–water partition coefficient (Wildman–Crippen LogP) is 8.47. The Hall–Kier alpha value is -6.56. The van der Waals surface area contributed by atoms with E-state index in [1.807, 2.05) is 52.0 Å². The van der Waals surface area contributed by atoms with Gasteiger partial charge in [-0.2, -0.15) is 20.4 Å². The fraction of sp³-hybridized carbons (Fsp3) is 0.256. The van der Waals surface area contributed by atoms with Gasteiger partial charge in [-0.3, -0.25) is 19.2 Å². The van der Waals surface area contributed by atoms with Crippen LogP contribution in [-0.4, -0.2) is 46.7 Å². The Morgan fingerprint density at radius 1 is 0.364 bits per heavy atom. The lowest BCUT2D eigenvalue weighted by Gasteiger charge is -2.07. The van der Waals surface area contributed by atoms with E-state index in [0.717, 1.165) is 22.3 Å². The van der Waals surface area contributed by atoms with Crippen LogP contribution >= 0.6 is 0 Å². The van der Waals surface area contributed by atoms with E-state index in [-0.39, 0.29) is 36.7 Å². The summed E-state index contributed by atoms with van der Waals surface area (Å²) in [5, 5.41) is 17.3. The van der Waals surface area contributed by atoms with Crippen molar-refractivity contribution in [2.75, 3.05) is 0 Å². The maximum atomic E-state index is 12.4. The van der Waals surface area contributed by atoms with E-state index in [1.54, 1.807) is 72.8 Å². The van der Waals surface area contributed by atoms with Gasteiger partial charge in [0.15, 0.2) is 0 Å². The number of rotatable bonds is 16. The Morgan fingerprint density at radius 2 is 0.600 bits per heavy atom. The zero-order valence-corrected chi connectivity index (χ0v) is 31.8. The van der Waals surface area contributed by atoms with Crippen molar-refractivity contribution in [3.8, 4) is 23.0 Å². The maximum absolute atomic E-state index is 12.4. The van der Waals surface area contributed by atoms with E-state index < -0.39 is 0 Å². The highest BCUT2D eigenvalue weighted by molar-refractivity contribution is 6.03. The minimum Gasteiger partial charge on any atom is -0.427 e. The number of carbonyl (C=O) groups is 4. The second-order valence-electron chi connectivity index (χ2n) is 12.5. The average Bonchev–Trinajstić information content (AvgIpc) is 3.16. The molecule has 0 heterocycles. The molecule has 0 atom stereocenters. The number of nitrogens with zero attached hydrogens (tertiary/aromatic N) is 4. The van der Waals surface area contributed by atoms with E-state index in [4.69, 9.17) is 18.9 Å². The molecule has 0 saturated heterocycles. The number of ether oxygens (including phenoxy) is 4. The number of esters is 4. The SMILES string of the molecule is CC(=O)Oc1ccc(/C(C)=N/N=C(\C)c2ccc(OC(=O)CCCCCC(=O)Oc3ccc(/C(C)=N/N=C(\C)c4ccc(OC(C)=O)cc4)cc3)cc2)cc1. The van der Waals surface area contributed by atoms with Crippen LogP contribution < -0.4 is 18.9 Å². The molecule has 4 aromatic carbocycles. The smallest absolute Gasteiger partial charge is 0.311 e. The van der Waals surface area contributed by atoms with Crippen molar-refractivity contribution in [2.24, 2.45) is 20.4 Å². The average molecular weight is 745 g/mol. The van der Waals surface area contributed by atoms with Crippen LogP contribution in [0.1, 0.15) is 95.9 Å². The molecule has 0 aromatic heterocycles. The highest BCUT2D eigenvalue weighted by atomic mass is 16.5. The van der Waals surface area contributed by atoms with Gasteiger partial charge in [0.1, 0.15) is 23.0 Å². The molecule has 0 aliphatic heterocycles. The summed E-state index contributed by atoms with van der Waals surface area (Å²) in [7, 11) is 0. The summed E-state index contributed by atoms with van der Waals surface area (Å²) in [5.74, 6) is 0.315. The van der Waals surface area contributed by atoms with Gasteiger partial charge in [0, 0.05) is 26.7 Å². The van der Waals surface area contributed by atoms with Crippen LogP contribution in [0.25, 0.3) is 0 Å².